The Bertz CT molecular complexity index is 1070. The minimum atomic E-state index is -1.89. The Morgan fingerprint density at radius 3 is 2.35 bits per heavy atom. The number of carbonyl (C=O) groups is 1. The quantitative estimate of drug-likeness (QED) is 0.323. The highest BCUT2D eigenvalue weighted by Crippen LogP contribution is 2.31. The summed E-state index contributed by atoms with van der Waals surface area (Å²) >= 11 is 0. The molecule has 0 heterocycles. The SMILES string of the molecule is CCOCCOc1cc(C)c(-c2cccc(CNc3ccc(CC(F)C(=O)O)cc3)c2)c(C)c1. The van der Waals surface area contributed by atoms with Crippen LogP contribution < -0.4 is 10.1 Å². The molecule has 0 radical (unpaired) electrons. The van der Waals surface area contributed by atoms with Gasteiger partial charge in [0.15, 0.2) is 0 Å². The molecule has 0 saturated heterocycles. The first-order chi connectivity index (χ1) is 16.4. The number of hydrogen-bond acceptors (Lipinski definition) is 4. The summed E-state index contributed by atoms with van der Waals surface area (Å²) in [6.45, 7) is 8.57. The molecular formula is C28H32FNO4. The number of rotatable bonds is 12. The number of halogens is 1. The van der Waals surface area contributed by atoms with Crippen LogP contribution in [-0.2, 0) is 22.5 Å². The Morgan fingerprint density at radius 1 is 1.00 bits per heavy atom. The maximum atomic E-state index is 13.4. The fourth-order valence-electron chi connectivity index (χ4n) is 3.92. The van der Waals surface area contributed by atoms with Crippen LogP contribution in [-0.4, -0.2) is 37.1 Å². The van der Waals surface area contributed by atoms with Crippen LogP contribution in [0.15, 0.2) is 60.7 Å². The van der Waals surface area contributed by atoms with Crippen LogP contribution in [0.1, 0.15) is 29.2 Å². The molecule has 0 aliphatic heterocycles. The van der Waals surface area contributed by atoms with Gasteiger partial charge in [0.1, 0.15) is 12.4 Å². The van der Waals surface area contributed by atoms with Gasteiger partial charge in [-0.3, -0.25) is 0 Å². The smallest absolute Gasteiger partial charge is 0.338 e. The summed E-state index contributed by atoms with van der Waals surface area (Å²) in [5, 5.41) is 12.1. The summed E-state index contributed by atoms with van der Waals surface area (Å²) in [6, 6.07) is 19.7. The van der Waals surface area contributed by atoms with Crippen LogP contribution in [0.2, 0.25) is 0 Å². The number of ether oxygens (including phenoxy) is 2. The first-order valence-corrected chi connectivity index (χ1v) is 11.5. The molecule has 5 nitrogen and oxygen atoms in total. The van der Waals surface area contributed by atoms with Crippen molar-refractivity contribution in [3.05, 3.63) is 82.9 Å². The minimum Gasteiger partial charge on any atom is -0.491 e. The number of alkyl halides is 1. The molecule has 0 aromatic heterocycles. The third-order valence-electron chi connectivity index (χ3n) is 5.56. The fraction of sp³-hybridized carbons (Fsp3) is 0.321. The molecule has 1 atom stereocenters. The Kier molecular flexibility index (Phi) is 9.05. The van der Waals surface area contributed by atoms with E-state index in [-0.39, 0.29) is 6.42 Å². The lowest BCUT2D eigenvalue weighted by molar-refractivity contribution is -0.142. The van der Waals surface area contributed by atoms with Gasteiger partial charge in [0.05, 0.1) is 6.61 Å². The predicted molar refractivity (Wildman–Crippen MR) is 133 cm³/mol. The zero-order valence-electron chi connectivity index (χ0n) is 19.9. The van der Waals surface area contributed by atoms with Crippen molar-refractivity contribution in [1.29, 1.82) is 0 Å². The van der Waals surface area contributed by atoms with E-state index < -0.39 is 12.1 Å². The Hall–Kier alpha value is -3.38. The van der Waals surface area contributed by atoms with E-state index in [1.165, 1.54) is 5.56 Å². The van der Waals surface area contributed by atoms with Crippen molar-refractivity contribution in [1.82, 2.24) is 0 Å². The predicted octanol–water partition coefficient (Wildman–Crippen LogP) is 5.96. The minimum absolute atomic E-state index is 0.132. The van der Waals surface area contributed by atoms with E-state index in [1.54, 1.807) is 12.1 Å². The van der Waals surface area contributed by atoms with Crippen LogP contribution in [0, 0.1) is 13.8 Å². The van der Waals surface area contributed by atoms with Gasteiger partial charge >= 0.3 is 5.97 Å². The molecule has 6 heteroatoms. The topological polar surface area (TPSA) is 67.8 Å². The summed E-state index contributed by atoms with van der Waals surface area (Å²) in [4.78, 5) is 10.7. The Balaban J connectivity index is 1.65. The lowest BCUT2D eigenvalue weighted by Crippen LogP contribution is -2.17. The fourth-order valence-corrected chi connectivity index (χ4v) is 3.92. The monoisotopic (exact) mass is 465 g/mol. The average molecular weight is 466 g/mol. The second kappa shape index (κ2) is 12.2. The molecular weight excluding hydrogens is 433 g/mol. The number of aryl methyl sites for hydroxylation is 2. The molecule has 3 aromatic rings. The highest BCUT2D eigenvalue weighted by atomic mass is 19.1. The summed E-state index contributed by atoms with van der Waals surface area (Å²) in [5.41, 5.74) is 7.32. The van der Waals surface area contributed by atoms with Gasteiger partial charge in [0.25, 0.3) is 0 Å². The van der Waals surface area contributed by atoms with Crippen molar-refractivity contribution in [2.24, 2.45) is 0 Å². The molecule has 34 heavy (non-hydrogen) atoms. The number of anilines is 1. The summed E-state index contributed by atoms with van der Waals surface area (Å²) in [6.07, 6.45) is -2.02. The third kappa shape index (κ3) is 7.06. The number of nitrogens with one attached hydrogen (secondary N) is 1. The van der Waals surface area contributed by atoms with E-state index >= 15 is 0 Å². The lowest BCUT2D eigenvalue weighted by Gasteiger charge is -2.15. The van der Waals surface area contributed by atoms with Gasteiger partial charge in [-0.15, -0.1) is 0 Å². The number of benzene rings is 3. The Labute approximate surface area is 200 Å². The van der Waals surface area contributed by atoms with Crippen molar-refractivity contribution in [2.75, 3.05) is 25.1 Å². The van der Waals surface area contributed by atoms with Crippen LogP contribution in [0.4, 0.5) is 10.1 Å². The van der Waals surface area contributed by atoms with Crippen molar-refractivity contribution >= 4 is 11.7 Å². The van der Waals surface area contributed by atoms with E-state index in [0.29, 0.717) is 31.9 Å². The number of hydrogen-bond donors (Lipinski definition) is 2. The van der Waals surface area contributed by atoms with Gasteiger partial charge in [-0.2, -0.15) is 0 Å². The highest BCUT2D eigenvalue weighted by Gasteiger charge is 2.16. The van der Waals surface area contributed by atoms with Crippen molar-refractivity contribution < 1.29 is 23.8 Å². The van der Waals surface area contributed by atoms with Gasteiger partial charge in [-0.25, -0.2) is 9.18 Å². The molecule has 0 aliphatic rings. The highest BCUT2D eigenvalue weighted by molar-refractivity contribution is 5.73. The molecule has 3 rings (SSSR count). The standard InChI is InChI=1S/C28H32FNO4/c1-4-33-12-13-34-25-14-19(2)27(20(3)15-25)23-7-5-6-22(16-23)18-30-24-10-8-21(9-11-24)17-26(29)28(31)32/h5-11,14-16,26,30H,4,12-13,17-18H2,1-3H3,(H,31,32). The first-order valence-electron chi connectivity index (χ1n) is 11.5. The molecule has 0 fully saturated rings. The van der Waals surface area contributed by atoms with Crippen molar-refractivity contribution in [3.63, 3.8) is 0 Å². The van der Waals surface area contributed by atoms with E-state index in [9.17, 15) is 9.18 Å². The molecule has 180 valence electrons. The van der Waals surface area contributed by atoms with Crippen molar-refractivity contribution in [3.8, 4) is 16.9 Å². The van der Waals surface area contributed by atoms with Crippen LogP contribution >= 0.6 is 0 Å². The number of carboxylic acid groups (broad SMARTS) is 1. The summed E-state index contributed by atoms with van der Waals surface area (Å²) in [5.74, 6) is -0.585. The normalized spacial score (nSPS) is 11.8. The van der Waals surface area contributed by atoms with Gasteiger partial charge in [0, 0.05) is 25.3 Å². The van der Waals surface area contributed by atoms with Crippen LogP contribution in [0.5, 0.6) is 5.75 Å². The molecule has 0 saturated carbocycles. The van der Waals surface area contributed by atoms with E-state index in [1.807, 2.05) is 25.1 Å². The summed E-state index contributed by atoms with van der Waals surface area (Å²) in [7, 11) is 0. The maximum Gasteiger partial charge on any atom is 0.338 e. The molecule has 0 spiro atoms. The zero-order valence-corrected chi connectivity index (χ0v) is 19.9. The molecule has 3 aromatic carbocycles. The van der Waals surface area contributed by atoms with E-state index in [2.05, 4.69) is 49.5 Å². The molecule has 2 N–H and O–H groups in total. The molecule has 0 aliphatic carbocycles. The van der Waals surface area contributed by atoms with Gasteiger partial charge in [-0.1, -0.05) is 30.3 Å². The van der Waals surface area contributed by atoms with Gasteiger partial charge in [0.2, 0.25) is 6.17 Å². The zero-order chi connectivity index (χ0) is 24.5. The van der Waals surface area contributed by atoms with Crippen LogP contribution in [0.25, 0.3) is 11.1 Å². The van der Waals surface area contributed by atoms with Gasteiger partial charge in [-0.05, 0) is 84.5 Å². The second-order valence-corrected chi connectivity index (χ2v) is 8.24. The molecule has 0 amide bonds. The number of aliphatic carboxylic acids is 1. The average Bonchev–Trinajstić information content (AvgIpc) is 2.81. The second-order valence-electron chi connectivity index (χ2n) is 8.24. The number of carboxylic acids is 1. The lowest BCUT2D eigenvalue weighted by atomic mass is 9.94. The molecule has 0 bridgehead atoms. The van der Waals surface area contributed by atoms with E-state index in [0.717, 1.165) is 33.7 Å². The third-order valence-corrected chi connectivity index (χ3v) is 5.56. The van der Waals surface area contributed by atoms with Crippen LogP contribution in [0.3, 0.4) is 0 Å². The Morgan fingerprint density at radius 2 is 1.71 bits per heavy atom. The maximum absolute atomic E-state index is 13.4. The van der Waals surface area contributed by atoms with Gasteiger partial charge < -0.3 is 19.9 Å². The largest absolute Gasteiger partial charge is 0.491 e. The summed E-state index contributed by atoms with van der Waals surface area (Å²) < 4.78 is 24.6. The van der Waals surface area contributed by atoms with Crippen molar-refractivity contribution in [2.45, 2.75) is 39.9 Å². The van der Waals surface area contributed by atoms with E-state index in [4.69, 9.17) is 14.6 Å². The molecule has 1 unspecified atom stereocenters. The first kappa shape index (κ1) is 25.2.